The summed E-state index contributed by atoms with van der Waals surface area (Å²) in [5.74, 6) is 0.218. The first-order valence-electron chi connectivity index (χ1n) is 8.92. The second-order valence-corrected chi connectivity index (χ2v) is 6.86. The number of nitrogens with zero attached hydrogens (tertiary/aromatic N) is 1. The molecule has 1 spiro atoms. The molecule has 4 amide bonds. The van der Waals surface area contributed by atoms with Crippen LogP contribution in [0.3, 0.4) is 0 Å². The van der Waals surface area contributed by atoms with E-state index in [-0.39, 0.29) is 17.6 Å². The van der Waals surface area contributed by atoms with Crippen LogP contribution in [0.4, 0.5) is 9.18 Å². The molecule has 2 N–H and O–H groups in total. The van der Waals surface area contributed by atoms with Gasteiger partial charge in [0, 0.05) is 18.7 Å². The largest absolute Gasteiger partial charge is 0.457 e. The normalized spacial score (nSPS) is 18.0. The van der Waals surface area contributed by atoms with E-state index in [2.05, 4.69) is 10.6 Å². The van der Waals surface area contributed by atoms with Crippen molar-refractivity contribution in [3.8, 4) is 11.5 Å². The Balaban J connectivity index is 1.38. The Morgan fingerprint density at radius 1 is 0.964 bits per heavy atom. The van der Waals surface area contributed by atoms with Gasteiger partial charge in [-0.3, -0.25) is 14.9 Å². The van der Waals surface area contributed by atoms with E-state index in [4.69, 9.17) is 4.74 Å². The Morgan fingerprint density at radius 2 is 1.54 bits per heavy atom. The number of rotatable bonds is 3. The first-order valence-corrected chi connectivity index (χ1v) is 8.92. The highest BCUT2D eigenvalue weighted by Crippen LogP contribution is 2.27. The van der Waals surface area contributed by atoms with Gasteiger partial charge in [0.15, 0.2) is 0 Å². The number of hydrogen-bond acceptors (Lipinski definition) is 4. The van der Waals surface area contributed by atoms with Gasteiger partial charge in [0.25, 0.3) is 11.8 Å². The molecule has 0 atom stereocenters. The topological polar surface area (TPSA) is 87.7 Å². The summed E-state index contributed by atoms with van der Waals surface area (Å²) in [7, 11) is 0. The minimum Gasteiger partial charge on any atom is -0.457 e. The molecular formula is C20H18FN3O4. The van der Waals surface area contributed by atoms with Crippen molar-refractivity contribution in [3.63, 3.8) is 0 Å². The molecule has 8 heteroatoms. The lowest BCUT2D eigenvalue weighted by molar-refractivity contribution is -0.125. The Hall–Kier alpha value is -3.42. The highest BCUT2D eigenvalue weighted by atomic mass is 19.1. The average molecular weight is 383 g/mol. The van der Waals surface area contributed by atoms with E-state index in [1.165, 1.54) is 24.3 Å². The number of hydrogen-bond donors (Lipinski definition) is 2. The number of benzene rings is 2. The van der Waals surface area contributed by atoms with Gasteiger partial charge in [-0.25, -0.2) is 9.18 Å². The van der Waals surface area contributed by atoms with Crippen LogP contribution in [-0.4, -0.2) is 41.4 Å². The maximum atomic E-state index is 12.9. The third kappa shape index (κ3) is 3.40. The molecule has 2 aromatic rings. The van der Waals surface area contributed by atoms with Crippen LogP contribution in [0.2, 0.25) is 0 Å². The van der Waals surface area contributed by atoms with Crippen LogP contribution in [0, 0.1) is 5.82 Å². The predicted octanol–water partition coefficient (Wildman–Crippen LogP) is 2.43. The third-order valence-corrected chi connectivity index (χ3v) is 5.07. The summed E-state index contributed by atoms with van der Waals surface area (Å²) in [6.45, 7) is 0.751. The van der Waals surface area contributed by atoms with E-state index in [0.717, 1.165) is 0 Å². The van der Waals surface area contributed by atoms with Gasteiger partial charge in [0.05, 0.1) is 0 Å². The van der Waals surface area contributed by atoms with Crippen molar-refractivity contribution in [2.24, 2.45) is 0 Å². The van der Waals surface area contributed by atoms with Crippen LogP contribution < -0.4 is 15.4 Å². The number of urea groups is 1. The summed E-state index contributed by atoms with van der Waals surface area (Å²) in [5, 5.41) is 4.93. The Morgan fingerprint density at radius 3 is 2.07 bits per heavy atom. The molecule has 7 nitrogen and oxygen atoms in total. The average Bonchev–Trinajstić information content (AvgIpc) is 2.97. The number of ether oxygens (including phenoxy) is 1. The predicted molar refractivity (Wildman–Crippen MR) is 97.5 cm³/mol. The van der Waals surface area contributed by atoms with E-state index in [1.807, 2.05) is 0 Å². The molecule has 0 aliphatic carbocycles. The van der Waals surface area contributed by atoms with Crippen LogP contribution in [0.15, 0.2) is 48.5 Å². The van der Waals surface area contributed by atoms with Gasteiger partial charge >= 0.3 is 6.03 Å². The molecule has 4 rings (SSSR count). The van der Waals surface area contributed by atoms with Crippen molar-refractivity contribution in [1.82, 2.24) is 15.5 Å². The van der Waals surface area contributed by atoms with Crippen molar-refractivity contribution in [1.29, 1.82) is 0 Å². The second kappa shape index (κ2) is 6.95. The zero-order chi connectivity index (χ0) is 19.7. The monoisotopic (exact) mass is 383 g/mol. The summed E-state index contributed by atoms with van der Waals surface area (Å²) in [6, 6.07) is 11.9. The fourth-order valence-corrected chi connectivity index (χ4v) is 3.46. The molecule has 0 unspecified atom stereocenters. The van der Waals surface area contributed by atoms with Gasteiger partial charge in [0.2, 0.25) is 0 Å². The number of carbonyl (C=O) groups excluding carboxylic acids is 3. The zero-order valence-corrected chi connectivity index (χ0v) is 14.9. The molecule has 2 aliphatic heterocycles. The quantitative estimate of drug-likeness (QED) is 0.797. The van der Waals surface area contributed by atoms with E-state index in [0.29, 0.717) is 43.0 Å². The number of halogens is 1. The highest BCUT2D eigenvalue weighted by molar-refractivity contribution is 6.07. The Bertz CT molecular complexity index is 919. The standard InChI is InChI=1S/C20H18FN3O4/c21-14-3-7-16(8-4-14)28-15-5-1-13(2-6-15)17(25)24-11-9-20(10-12-24)18(26)22-19(27)23-20/h1-8H,9-12H2,(H2,22,23,26,27). The van der Waals surface area contributed by atoms with Gasteiger partial charge < -0.3 is 15.0 Å². The van der Waals surface area contributed by atoms with Gasteiger partial charge in [-0.1, -0.05) is 0 Å². The molecule has 0 radical (unpaired) electrons. The molecule has 144 valence electrons. The molecule has 2 heterocycles. The molecule has 28 heavy (non-hydrogen) atoms. The maximum Gasteiger partial charge on any atom is 0.322 e. The summed E-state index contributed by atoms with van der Waals surface area (Å²) >= 11 is 0. The van der Waals surface area contributed by atoms with E-state index in [9.17, 15) is 18.8 Å². The zero-order valence-electron chi connectivity index (χ0n) is 14.9. The van der Waals surface area contributed by atoms with Crippen LogP contribution in [0.25, 0.3) is 0 Å². The molecule has 2 saturated heterocycles. The van der Waals surface area contributed by atoms with Gasteiger partial charge in [0.1, 0.15) is 22.9 Å². The molecule has 0 aromatic heterocycles. The number of nitrogens with one attached hydrogen (secondary N) is 2. The lowest BCUT2D eigenvalue weighted by Crippen LogP contribution is -2.55. The number of carbonyl (C=O) groups is 3. The minimum absolute atomic E-state index is 0.145. The first kappa shape index (κ1) is 18.0. The summed E-state index contributed by atoms with van der Waals surface area (Å²) < 4.78 is 18.6. The lowest BCUT2D eigenvalue weighted by Gasteiger charge is -2.37. The molecule has 0 saturated carbocycles. The van der Waals surface area contributed by atoms with Crippen LogP contribution in [0.1, 0.15) is 23.2 Å². The number of amides is 4. The van der Waals surface area contributed by atoms with Gasteiger partial charge in [-0.05, 0) is 61.4 Å². The Labute approximate surface area is 160 Å². The number of imide groups is 1. The van der Waals surface area contributed by atoms with Gasteiger partial charge in [-0.15, -0.1) is 0 Å². The van der Waals surface area contributed by atoms with Crippen molar-refractivity contribution >= 4 is 17.8 Å². The number of piperidine rings is 1. The van der Waals surface area contributed by atoms with Gasteiger partial charge in [-0.2, -0.15) is 0 Å². The van der Waals surface area contributed by atoms with Crippen molar-refractivity contribution < 1.29 is 23.5 Å². The molecule has 2 aliphatic rings. The third-order valence-electron chi connectivity index (χ3n) is 5.07. The fraction of sp³-hybridized carbons (Fsp3) is 0.250. The summed E-state index contributed by atoms with van der Waals surface area (Å²) in [6.07, 6.45) is 0.754. The number of likely N-dealkylation sites (tertiary alicyclic amines) is 1. The van der Waals surface area contributed by atoms with E-state index in [1.54, 1.807) is 29.2 Å². The highest BCUT2D eigenvalue weighted by Gasteiger charge is 2.48. The van der Waals surface area contributed by atoms with E-state index < -0.39 is 11.6 Å². The van der Waals surface area contributed by atoms with Crippen molar-refractivity contribution in [2.45, 2.75) is 18.4 Å². The fourth-order valence-electron chi connectivity index (χ4n) is 3.46. The van der Waals surface area contributed by atoms with Crippen LogP contribution >= 0.6 is 0 Å². The van der Waals surface area contributed by atoms with Crippen LogP contribution in [0.5, 0.6) is 11.5 Å². The molecular weight excluding hydrogens is 365 g/mol. The smallest absolute Gasteiger partial charge is 0.322 e. The summed E-state index contributed by atoms with van der Waals surface area (Å²) in [5.41, 5.74) is -0.400. The SMILES string of the molecule is O=C1NC(=O)C2(CCN(C(=O)c3ccc(Oc4ccc(F)cc4)cc3)CC2)N1. The first-order chi connectivity index (χ1) is 13.4. The summed E-state index contributed by atoms with van der Waals surface area (Å²) in [4.78, 5) is 37.7. The molecule has 0 bridgehead atoms. The Kier molecular flexibility index (Phi) is 4.46. The lowest BCUT2D eigenvalue weighted by atomic mass is 9.87. The molecule has 2 fully saturated rings. The molecule has 2 aromatic carbocycles. The van der Waals surface area contributed by atoms with Crippen LogP contribution in [-0.2, 0) is 4.79 Å². The van der Waals surface area contributed by atoms with Crippen molar-refractivity contribution in [2.75, 3.05) is 13.1 Å². The van der Waals surface area contributed by atoms with E-state index >= 15 is 0 Å². The maximum absolute atomic E-state index is 12.9. The second-order valence-electron chi connectivity index (χ2n) is 6.86. The van der Waals surface area contributed by atoms with Crippen molar-refractivity contribution in [3.05, 3.63) is 59.9 Å². The minimum atomic E-state index is -0.902.